The highest BCUT2D eigenvalue weighted by Crippen LogP contribution is 2.30. The second kappa shape index (κ2) is 7.71. The quantitative estimate of drug-likeness (QED) is 0.713. The van der Waals surface area contributed by atoms with Crippen molar-refractivity contribution in [2.75, 3.05) is 19.6 Å². The van der Waals surface area contributed by atoms with Crippen LogP contribution in [0, 0.1) is 11.3 Å². The first-order chi connectivity index (χ1) is 13.6. The average Bonchev–Trinajstić information content (AvgIpc) is 3.33. The van der Waals surface area contributed by atoms with Gasteiger partial charge in [-0.15, -0.1) is 0 Å². The number of nitrogens with one attached hydrogen (secondary N) is 1. The number of hydrogen-bond acceptors (Lipinski definition) is 5. The summed E-state index contributed by atoms with van der Waals surface area (Å²) in [7, 11) is 0. The first kappa shape index (κ1) is 18.0. The van der Waals surface area contributed by atoms with Crippen LogP contribution in [-0.4, -0.2) is 40.6 Å². The molecule has 1 fully saturated rings. The van der Waals surface area contributed by atoms with Gasteiger partial charge in [0.2, 0.25) is 0 Å². The second-order valence-electron chi connectivity index (χ2n) is 7.04. The van der Waals surface area contributed by atoms with Crippen LogP contribution in [0.25, 0.3) is 11.0 Å². The molecule has 1 saturated heterocycles. The standard InChI is InChI=1S/C21H21N5O2/c22-12-15-6-4-14(5-7-15)8-10-26-11-9-16(13-26)20-24-17-2-1-3-18(19(17)25-20)28-21(23)27/h1-7,16H,8-11,13H2,(H2,23,27)(H,24,25). The van der Waals surface area contributed by atoms with Gasteiger partial charge < -0.3 is 20.4 Å². The number of likely N-dealkylation sites (tertiary alicyclic amines) is 1. The number of carbonyl (C=O) groups is 1. The Kier molecular flexibility index (Phi) is 4.96. The van der Waals surface area contributed by atoms with Gasteiger partial charge in [-0.25, -0.2) is 9.78 Å². The van der Waals surface area contributed by atoms with E-state index >= 15 is 0 Å². The van der Waals surface area contributed by atoms with Crippen LogP contribution in [-0.2, 0) is 6.42 Å². The molecule has 1 atom stereocenters. The molecular formula is C21H21N5O2. The Bertz CT molecular complexity index is 1040. The van der Waals surface area contributed by atoms with Crippen LogP contribution in [0.15, 0.2) is 42.5 Å². The molecule has 0 saturated carbocycles. The zero-order chi connectivity index (χ0) is 19.5. The lowest BCUT2D eigenvalue weighted by Crippen LogP contribution is -2.23. The SMILES string of the molecule is N#Cc1ccc(CCN2CCC(c3nc4c(OC(N)=O)cccc4[nH]3)C2)cc1. The van der Waals surface area contributed by atoms with E-state index in [1.54, 1.807) is 12.1 Å². The molecule has 2 aromatic carbocycles. The topological polar surface area (TPSA) is 108 Å². The van der Waals surface area contributed by atoms with E-state index in [-0.39, 0.29) is 0 Å². The number of H-pyrrole nitrogens is 1. The normalized spacial score (nSPS) is 16.9. The summed E-state index contributed by atoms with van der Waals surface area (Å²) in [4.78, 5) is 21.5. The number of hydrogen-bond donors (Lipinski definition) is 2. The Labute approximate surface area is 162 Å². The number of rotatable bonds is 5. The van der Waals surface area contributed by atoms with Gasteiger partial charge in [0, 0.05) is 19.0 Å². The first-order valence-corrected chi connectivity index (χ1v) is 9.29. The molecule has 3 aromatic rings. The number of amides is 1. The van der Waals surface area contributed by atoms with E-state index in [1.165, 1.54) is 5.56 Å². The molecule has 0 bridgehead atoms. The fourth-order valence-corrected chi connectivity index (χ4v) is 3.70. The maximum absolute atomic E-state index is 11.1. The Morgan fingerprint density at radius 3 is 2.89 bits per heavy atom. The zero-order valence-corrected chi connectivity index (χ0v) is 15.4. The summed E-state index contributed by atoms with van der Waals surface area (Å²) in [6.07, 6.45) is 1.14. The van der Waals surface area contributed by atoms with Crippen LogP contribution in [0.2, 0.25) is 0 Å². The van der Waals surface area contributed by atoms with Gasteiger partial charge in [-0.3, -0.25) is 0 Å². The number of imidazole rings is 1. The van der Waals surface area contributed by atoms with Crippen molar-refractivity contribution in [3.63, 3.8) is 0 Å². The number of fused-ring (bicyclic) bond motifs is 1. The minimum Gasteiger partial charge on any atom is -0.408 e. The lowest BCUT2D eigenvalue weighted by molar-refractivity contribution is 0.211. The van der Waals surface area contributed by atoms with Gasteiger partial charge in [0.15, 0.2) is 5.75 Å². The van der Waals surface area contributed by atoms with Crippen molar-refractivity contribution in [3.05, 3.63) is 59.4 Å². The number of para-hydroxylation sites is 1. The molecule has 1 amide bonds. The molecular weight excluding hydrogens is 354 g/mol. The van der Waals surface area contributed by atoms with E-state index in [1.807, 2.05) is 30.3 Å². The Hall–Kier alpha value is -3.37. The lowest BCUT2D eigenvalue weighted by atomic mass is 10.1. The van der Waals surface area contributed by atoms with Gasteiger partial charge in [-0.1, -0.05) is 18.2 Å². The largest absolute Gasteiger partial charge is 0.410 e. The molecule has 2 heterocycles. The molecule has 0 aliphatic carbocycles. The number of aromatic nitrogens is 2. The Morgan fingerprint density at radius 2 is 2.14 bits per heavy atom. The third-order valence-corrected chi connectivity index (χ3v) is 5.16. The van der Waals surface area contributed by atoms with Crippen LogP contribution in [0.4, 0.5) is 4.79 Å². The predicted molar refractivity (Wildman–Crippen MR) is 105 cm³/mol. The average molecular weight is 375 g/mol. The maximum atomic E-state index is 11.1. The molecule has 1 aromatic heterocycles. The Morgan fingerprint density at radius 1 is 1.32 bits per heavy atom. The van der Waals surface area contributed by atoms with Crippen LogP contribution < -0.4 is 10.5 Å². The van der Waals surface area contributed by atoms with Gasteiger partial charge >= 0.3 is 6.09 Å². The summed E-state index contributed by atoms with van der Waals surface area (Å²) in [6, 6.07) is 15.3. The molecule has 4 rings (SSSR count). The predicted octanol–water partition coefficient (Wildman–Crippen LogP) is 2.92. The van der Waals surface area contributed by atoms with Crippen molar-refractivity contribution in [1.82, 2.24) is 14.9 Å². The molecule has 7 nitrogen and oxygen atoms in total. The van der Waals surface area contributed by atoms with Crippen LogP contribution in [0.3, 0.4) is 0 Å². The summed E-state index contributed by atoms with van der Waals surface area (Å²) < 4.78 is 5.05. The van der Waals surface area contributed by atoms with Gasteiger partial charge in [0.05, 0.1) is 17.1 Å². The summed E-state index contributed by atoms with van der Waals surface area (Å²) in [6.45, 7) is 2.92. The van der Waals surface area contributed by atoms with Gasteiger partial charge in [0.25, 0.3) is 0 Å². The molecule has 0 radical (unpaired) electrons. The smallest absolute Gasteiger partial charge is 0.408 e. The zero-order valence-electron chi connectivity index (χ0n) is 15.4. The van der Waals surface area contributed by atoms with Crippen LogP contribution in [0.1, 0.15) is 29.3 Å². The first-order valence-electron chi connectivity index (χ1n) is 9.29. The number of ether oxygens (including phenoxy) is 1. The molecule has 1 unspecified atom stereocenters. The number of carbonyl (C=O) groups excluding carboxylic acids is 1. The fourth-order valence-electron chi connectivity index (χ4n) is 3.70. The van der Waals surface area contributed by atoms with Crippen molar-refractivity contribution in [3.8, 4) is 11.8 Å². The highest BCUT2D eigenvalue weighted by molar-refractivity contribution is 5.84. The number of nitriles is 1. The number of nitrogens with two attached hydrogens (primary N) is 1. The van der Waals surface area contributed by atoms with E-state index in [0.717, 1.165) is 43.8 Å². The van der Waals surface area contributed by atoms with Crippen molar-refractivity contribution in [2.24, 2.45) is 5.73 Å². The van der Waals surface area contributed by atoms with Crippen molar-refractivity contribution in [2.45, 2.75) is 18.8 Å². The number of aromatic amines is 1. The maximum Gasteiger partial charge on any atom is 0.410 e. The highest BCUT2D eigenvalue weighted by atomic mass is 16.5. The second-order valence-corrected chi connectivity index (χ2v) is 7.04. The van der Waals surface area contributed by atoms with Crippen molar-refractivity contribution in [1.29, 1.82) is 5.26 Å². The monoisotopic (exact) mass is 375 g/mol. The van der Waals surface area contributed by atoms with Crippen LogP contribution in [0.5, 0.6) is 5.75 Å². The number of benzene rings is 2. The van der Waals surface area contributed by atoms with E-state index in [9.17, 15) is 4.79 Å². The molecule has 0 spiro atoms. The molecule has 7 heteroatoms. The summed E-state index contributed by atoms with van der Waals surface area (Å²) in [5, 5.41) is 8.88. The third-order valence-electron chi connectivity index (χ3n) is 5.16. The molecule has 3 N–H and O–H groups in total. The van der Waals surface area contributed by atoms with Crippen LogP contribution >= 0.6 is 0 Å². The van der Waals surface area contributed by atoms with E-state index in [4.69, 9.17) is 15.7 Å². The number of nitrogens with zero attached hydrogens (tertiary/aromatic N) is 3. The van der Waals surface area contributed by atoms with Gasteiger partial charge in [-0.05, 0) is 49.2 Å². The minimum absolute atomic E-state index is 0.315. The fraction of sp³-hybridized carbons (Fsp3) is 0.286. The van der Waals surface area contributed by atoms with Crippen molar-refractivity contribution >= 4 is 17.1 Å². The summed E-state index contributed by atoms with van der Waals surface area (Å²) >= 11 is 0. The molecule has 1 aliphatic heterocycles. The van der Waals surface area contributed by atoms with E-state index in [2.05, 4.69) is 20.9 Å². The summed E-state index contributed by atoms with van der Waals surface area (Å²) in [5.41, 5.74) is 8.53. The number of primary amides is 1. The summed E-state index contributed by atoms with van der Waals surface area (Å²) in [5.74, 6) is 1.61. The van der Waals surface area contributed by atoms with Gasteiger partial charge in [-0.2, -0.15) is 5.26 Å². The minimum atomic E-state index is -0.841. The van der Waals surface area contributed by atoms with E-state index in [0.29, 0.717) is 22.7 Å². The van der Waals surface area contributed by atoms with Gasteiger partial charge in [0.1, 0.15) is 11.3 Å². The molecule has 28 heavy (non-hydrogen) atoms. The highest BCUT2D eigenvalue weighted by Gasteiger charge is 2.26. The third kappa shape index (κ3) is 3.82. The lowest BCUT2D eigenvalue weighted by Gasteiger charge is -2.15. The molecule has 1 aliphatic rings. The molecule has 142 valence electrons. The Balaban J connectivity index is 1.41. The van der Waals surface area contributed by atoms with Crippen molar-refractivity contribution < 1.29 is 9.53 Å². The van der Waals surface area contributed by atoms with E-state index < -0.39 is 6.09 Å².